The van der Waals surface area contributed by atoms with E-state index in [-0.39, 0.29) is 11.8 Å². The van der Waals surface area contributed by atoms with Gasteiger partial charge in [-0.1, -0.05) is 13.8 Å². The van der Waals surface area contributed by atoms with Gasteiger partial charge in [0.05, 0.1) is 38.6 Å². The molecular weight excluding hydrogens is 340 g/mol. The first-order valence-electron chi connectivity index (χ1n) is 8.08. The number of carbonyl (C=O) groups is 1. The van der Waals surface area contributed by atoms with Crippen LogP contribution < -0.4 is 19.5 Å². The number of ether oxygens (including phenoxy) is 3. The van der Waals surface area contributed by atoms with Crippen molar-refractivity contribution >= 4 is 22.9 Å². The number of carbonyl (C=O) groups excluding carboxylic acids is 1. The Morgan fingerprint density at radius 3 is 2.48 bits per heavy atom. The van der Waals surface area contributed by atoms with Crippen LogP contribution >= 0.6 is 11.3 Å². The molecule has 134 valence electrons. The van der Waals surface area contributed by atoms with E-state index in [0.717, 1.165) is 16.3 Å². The van der Waals surface area contributed by atoms with Gasteiger partial charge in [0.25, 0.3) is 0 Å². The van der Waals surface area contributed by atoms with E-state index in [1.807, 2.05) is 0 Å². The Hall–Kier alpha value is -2.28. The van der Waals surface area contributed by atoms with Gasteiger partial charge in [-0.05, 0) is 5.92 Å². The third-order valence-corrected chi connectivity index (χ3v) is 5.29. The van der Waals surface area contributed by atoms with Gasteiger partial charge in [-0.15, -0.1) is 11.3 Å². The van der Waals surface area contributed by atoms with Crippen molar-refractivity contribution < 1.29 is 19.0 Å². The van der Waals surface area contributed by atoms with Crippen LogP contribution in [0.15, 0.2) is 11.4 Å². The number of nitrogens with zero attached hydrogens (tertiary/aromatic N) is 1. The molecule has 7 heteroatoms. The first kappa shape index (κ1) is 17.5. The van der Waals surface area contributed by atoms with Gasteiger partial charge in [0.1, 0.15) is 5.01 Å². The second-order valence-corrected chi connectivity index (χ2v) is 7.07. The van der Waals surface area contributed by atoms with E-state index < -0.39 is 0 Å². The minimum absolute atomic E-state index is 0.0481. The monoisotopic (exact) mass is 362 g/mol. The molecule has 25 heavy (non-hydrogen) atoms. The molecule has 1 aromatic carbocycles. The van der Waals surface area contributed by atoms with Crippen molar-refractivity contribution in [3.05, 3.63) is 27.7 Å². The summed E-state index contributed by atoms with van der Waals surface area (Å²) in [4.78, 5) is 17.0. The molecular formula is C18H22N2O4S. The zero-order valence-corrected chi connectivity index (χ0v) is 15.8. The first-order valence-corrected chi connectivity index (χ1v) is 8.96. The number of hydrogen-bond donors (Lipinski definition) is 1. The molecule has 0 saturated heterocycles. The molecule has 0 saturated carbocycles. The predicted octanol–water partition coefficient (Wildman–Crippen LogP) is 3.77. The Balaban J connectivity index is 2.19. The fraction of sp³-hybridized carbons (Fsp3) is 0.444. The highest BCUT2D eigenvalue weighted by atomic mass is 32.1. The summed E-state index contributed by atoms with van der Waals surface area (Å²) >= 11 is 1.57. The van der Waals surface area contributed by atoms with Gasteiger partial charge in [0.15, 0.2) is 11.5 Å². The summed E-state index contributed by atoms with van der Waals surface area (Å²) in [6.07, 6.45) is 0.323. The Bertz CT molecular complexity index is 801. The third kappa shape index (κ3) is 3.04. The lowest BCUT2D eigenvalue weighted by Crippen LogP contribution is -2.24. The molecule has 3 rings (SSSR count). The highest BCUT2D eigenvalue weighted by Crippen LogP contribution is 2.51. The molecule has 1 aromatic heterocycles. The number of fused-ring (bicyclic) bond motifs is 1. The quantitative estimate of drug-likeness (QED) is 0.877. The van der Waals surface area contributed by atoms with Gasteiger partial charge >= 0.3 is 0 Å². The molecule has 0 aliphatic carbocycles. The lowest BCUT2D eigenvalue weighted by Gasteiger charge is -2.28. The molecule has 6 nitrogen and oxygen atoms in total. The number of aromatic nitrogens is 1. The lowest BCUT2D eigenvalue weighted by molar-refractivity contribution is -0.116. The standard InChI is InChI=1S/C18H22N2O4S/c1-9(2)12-8-25-18(20-12)10-6-14(21)19-11-7-13(22-3)16(23-4)17(24-5)15(10)11/h7-10H,6H2,1-5H3,(H,19,21). The molecule has 1 atom stereocenters. The molecule has 1 aliphatic heterocycles. The molecule has 1 N–H and O–H groups in total. The van der Waals surface area contributed by atoms with Gasteiger partial charge < -0.3 is 19.5 Å². The van der Waals surface area contributed by atoms with Gasteiger partial charge in [-0.25, -0.2) is 4.98 Å². The van der Waals surface area contributed by atoms with Crippen LogP contribution in [0.5, 0.6) is 17.2 Å². The zero-order chi connectivity index (χ0) is 18.1. The van der Waals surface area contributed by atoms with Crippen LogP contribution in [0.2, 0.25) is 0 Å². The van der Waals surface area contributed by atoms with E-state index in [1.165, 1.54) is 0 Å². The van der Waals surface area contributed by atoms with Crippen LogP contribution in [0.4, 0.5) is 5.69 Å². The Labute approximate surface area is 151 Å². The van der Waals surface area contributed by atoms with Gasteiger partial charge in [0.2, 0.25) is 11.7 Å². The highest BCUT2D eigenvalue weighted by Gasteiger charge is 2.35. The maximum absolute atomic E-state index is 12.3. The number of nitrogens with one attached hydrogen (secondary N) is 1. The Kier molecular flexibility index (Phi) is 4.85. The van der Waals surface area contributed by atoms with Gasteiger partial charge in [0, 0.05) is 23.4 Å². The van der Waals surface area contributed by atoms with E-state index >= 15 is 0 Å². The summed E-state index contributed by atoms with van der Waals surface area (Å²) in [5.41, 5.74) is 2.59. The number of anilines is 1. The molecule has 1 amide bonds. The van der Waals surface area contributed by atoms with Crippen LogP contribution in [-0.4, -0.2) is 32.2 Å². The van der Waals surface area contributed by atoms with Crippen molar-refractivity contribution in [3.8, 4) is 17.2 Å². The maximum atomic E-state index is 12.3. The molecule has 0 spiro atoms. The highest BCUT2D eigenvalue weighted by molar-refractivity contribution is 7.09. The summed E-state index contributed by atoms with van der Waals surface area (Å²) in [6, 6.07) is 1.78. The maximum Gasteiger partial charge on any atom is 0.225 e. The van der Waals surface area contributed by atoms with E-state index in [2.05, 4.69) is 24.5 Å². The number of benzene rings is 1. The first-order chi connectivity index (χ1) is 12.0. The third-order valence-electron chi connectivity index (χ3n) is 4.31. The number of thiazole rings is 1. The largest absolute Gasteiger partial charge is 0.493 e. The Morgan fingerprint density at radius 2 is 1.92 bits per heavy atom. The molecule has 1 aliphatic rings. The fourth-order valence-corrected chi connectivity index (χ4v) is 4.14. The van der Waals surface area contributed by atoms with Crippen LogP contribution in [0.3, 0.4) is 0 Å². The molecule has 0 radical (unpaired) electrons. The minimum atomic E-state index is -0.170. The Morgan fingerprint density at radius 1 is 1.20 bits per heavy atom. The van der Waals surface area contributed by atoms with Crippen LogP contribution in [-0.2, 0) is 4.79 Å². The van der Waals surface area contributed by atoms with E-state index in [4.69, 9.17) is 19.2 Å². The van der Waals surface area contributed by atoms with Gasteiger partial charge in [-0.2, -0.15) is 0 Å². The summed E-state index contributed by atoms with van der Waals surface area (Å²) in [6.45, 7) is 4.21. The summed E-state index contributed by atoms with van der Waals surface area (Å²) in [5, 5.41) is 5.87. The fourth-order valence-electron chi connectivity index (χ4n) is 3.05. The van der Waals surface area contributed by atoms with Crippen LogP contribution in [0, 0.1) is 0 Å². The van der Waals surface area contributed by atoms with Crippen molar-refractivity contribution in [1.82, 2.24) is 4.98 Å². The van der Waals surface area contributed by atoms with Crippen molar-refractivity contribution in [1.29, 1.82) is 0 Å². The van der Waals surface area contributed by atoms with E-state index in [0.29, 0.717) is 35.3 Å². The number of methoxy groups -OCH3 is 3. The summed E-state index contributed by atoms with van der Waals surface area (Å²) in [5.74, 6) is 1.73. The SMILES string of the molecule is COc1cc2c(c(OC)c1OC)C(c1nc(C(C)C)cs1)CC(=O)N2. The van der Waals surface area contributed by atoms with Crippen molar-refractivity contribution in [2.24, 2.45) is 0 Å². The summed E-state index contributed by atoms with van der Waals surface area (Å²) < 4.78 is 16.5. The number of hydrogen-bond acceptors (Lipinski definition) is 6. The molecule has 2 heterocycles. The van der Waals surface area contributed by atoms with Crippen molar-refractivity contribution in [2.75, 3.05) is 26.6 Å². The lowest BCUT2D eigenvalue weighted by atomic mass is 9.89. The zero-order valence-electron chi connectivity index (χ0n) is 15.0. The molecule has 2 aromatic rings. The molecule has 1 unspecified atom stereocenters. The van der Waals surface area contributed by atoms with E-state index in [9.17, 15) is 4.79 Å². The second-order valence-electron chi connectivity index (χ2n) is 6.18. The average Bonchev–Trinajstić information content (AvgIpc) is 3.09. The number of rotatable bonds is 5. The smallest absolute Gasteiger partial charge is 0.225 e. The molecule has 0 fully saturated rings. The minimum Gasteiger partial charge on any atom is -0.493 e. The topological polar surface area (TPSA) is 69.7 Å². The van der Waals surface area contributed by atoms with Crippen LogP contribution in [0.25, 0.3) is 0 Å². The number of amides is 1. The van der Waals surface area contributed by atoms with Gasteiger partial charge in [-0.3, -0.25) is 4.79 Å². The van der Waals surface area contributed by atoms with E-state index in [1.54, 1.807) is 38.7 Å². The van der Waals surface area contributed by atoms with Crippen molar-refractivity contribution in [3.63, 3.8) is 0 Å². The molecule has 0 bridgehead atoms. The van der Waals surface area contributed by atoms with Crippen LogP contribution in [0.1, 0.15) is 48.4 Å². The average molecular weight is 362 g/mol. The summed E-state index contributed by atoms with van der Waals surface area (Å²) in [7, 11) is 4.72. The predicted molar refractivity (Wildman–Crippen MR) is 97.4 cm³/mol. The van der Waals surface area contributed by atoms with Crippen molar-refractivity contribution in [2.45, 2.75) is 32.1 Å². The second kappa shape index (κ2) is 6.92. The normalized spacial score (nSPS) is 16.4.